The molecule has 0 bridgehead atoms. The van der Waals surface area contributed by atoms with E-state index in [0.29, 0.717) is 12.3 Å². The number of hydrogen-bond donors (Lipinski definition) is 2. The molecule has 0 radical (unpaired) electrons. The highest BCUT2D eigenvalue weighted by molar-refractivity contribution is 5.89. The van der Waals surface area contributed by atoms with Gasteiger partial charge >= 0.3 is 0 Å². The number of ether oxygens (including phenoxy) is 1. The SMILES string of the molecule is COc1cccc(-c2ccc([C@@H](NC(=O)CCC(C)C)C(=O)NC3Cc4ccccc4C3)cc2)c1. The van der Waals surface area contributed by atoms with Crippen LogP contribution >= 0.6 is 0 Å². The molecule has 4 rings (SSSR count). The Bertz CT molecular complexity index is 1150. The van der Waals surface area contributed by atoms with E-state index in [9.17, 15) is 9.59 Å². The zero-order valence-electron chi connectivity index (χ0n) is 20.7. The maximum Gasteiger partial charge on any atom is 0.247 e. The third-order valence-corrected chi connectivity index (χ3v) is 6.56. The first-order valence-corrected chi connectivity index (χ1v) is 12.3. The van der Waals surface area contributed by atoms with Gasteiger partial charge in [-0.25, -0.2) is 0 Å². The minimum Gasteiger partial charge on any atom is -0.497 e. The van der Waals surface area contributed by atoms with Gasteiger partial charge in [0.2, 0.25) is 11.8 Å². The van der Waals surface area contributed by atoms with Crippen LogP contribution in [0.4, 0.5) is 0 Å². The number of carbonyl (C=O) groups excluding carboxylic acids is 2. The van der Waals surface area contributed by atoms with Crippen molar-refractivity contribution in [3.05, 3.63) is 89.5 Å². The molecule has 35 heavy (non-hydrogen) atoms. The van der Waals surface area contributed by atoms with Gasteiger partial charge in [0.25, 0.3) is 0 Å². The number of hydrogen-bond acceptors (Lipinski definition) is 3. The van der Waals surface area contributed by atoms with Crippen LogP contribution in [0.2, 0.25) is 0 Å². The monoisotopic (exact) mass is 470 g/mol. The summed E-state index contributed by atoms with van der Waals surface area (Å²) in [5, 5.41) is 6.18. The van der Waals surface area contributed by atoms with Gasteiger partial charge in [0.15, 0.2) is 0 Å². The average molecular weight is 471 g/mol. The number of fused-ring (bicyclic) bond motifs is 1. The Morgan fingerprint density at radius 2 is 1.60 bits per heavy atom. The summed E-state index contributed by atoms with van der Waals surface area (Å²) >= 11 is 0. The summed E-state index contributed by atoms with van der Waals surface area (Å²) in [5.41, 5.74) is 5.37. The van der Waals surface area contributed by atoms with Crippen LogP contribution in [0.15, 0.2) is 72.8 Å². The Morgan fingerprint density at radius 3 is 2.23 bits per heavy atom. The highest BCUT2D eigenvalue weighted by Gasteiger charge is 2.28. The molecule has 3 aromatic carbocycles. The van der Waals surface area contributed by atoms with Crippen molar-refractivity contribution in [1.29, 1.82) is 0 Å². The fourth-order valence-corrected chi connectivity index (χ4v) is 4.57. The van der Waals surface area contributed by atoms with Crippen LogP contribution in [0.1, 0.15) is 49.4 Å². The lowest BCUT2D eigenvalue weighted by molar-refractivity contribution is -0.129. The summed E-state index contributed by atoms with van der Waals surface area (Å²) in [4.78, 5) is 26.1. The van der Waals surface area contributed by atoms with Crippen molar-refractivity contribution < 1.29 is 14.3 Å². The van der Waals surface area contributed by atoms with Crippen molar-refractivity contribution in [2.45, 2.75) is 51.6 Å². The number of carbonyl (C=O) groups is 2. The van der Waals surface area contributed by atoms with E-state index in [-0.39, 0.29) is 17.9 Å². The molecule has 0 spiro atoms. The van der Waals surface area contributed by atoms with Crippen molar-refractivity contribution in [2.24, 2.45) is 5.92 Å². The van der Waals surface area contributed by atoms with E-state index in [1.807, 2.05) is 60.7 Å². The second-order valence-electron chi connectivity index (χ2n) is 9.67. The van der Waals surface area contributed by atoms with Crippen LogP contribution in [0.25, 0.3) is 11.1 Å². The van der Waals surface area contributed by atoms with Crippen molar-refractivity contribution in [2.75, 3.05) is 7.11 Å². The van der Waals surface area contributed by atoms with Gasteiger partial charge in [-0.2, -0.15) is 0 Å². The molecular weight excluding hydrogens is 436 g/mol. The van der Waals surface area contributed by atoms with Gasteiger partial charge in [-0.15, -0.1) is 0 Å². The van der Waals surface area contributed by atoms with Crippen molar-refractivity contribution in [3.8, 4) is 16.9 Å². The third kappa shape index (κ3) is 6.30. The summed E-state index contributed by atoms with van der Waals surface area (Å²) in [6, 6.07) is 23.3. The molecule has 3 aromatic rings. The van der Waals surface area contributed by atoms with Crippen molar-refractivity contribution >= 4 is 11.8 Å². The molecule has 182 valence electrons. The Hall–Kier alpha value is -3.60. The highest BCUT2D eigenvalue weighted by atomic mass is 16.5. The standard InChI is InChI=1S/C30H34N2O3/c1-20(2)11-16-28(33)32-29(30(34)31-26-17-23-7-4-5-8-24(23)18-26)22-14-12-21(13-15-22)25-9-6-10-27(19-25)35-3/h4-10,12-15,19-20,26,29H,11,16-18H2,1-3H3,(H,31,34)(H,32,33)/t29-/m1/s1. The summed E-state index contributed by atoms with van der Waals surface area (Å²) in [5.74, 6) is 0.936. The molecule has 0 heterocycles. The predicted molar refractivity (Wildman–Crippen MR) is 139 cm³/mol. The summed E-state index contributed by atoms with van der Waals surface area (Å²) in [7, 11) is 1.65. The van der Waals surface area contributed by atoms with Crippen LogP contribution in [-0.2, 0) is 22.4 Å². The van der Waals surface area contributed by atoms with E-state index in [1.165, 1.54) is 11.1 Å². The lowest BCUT2D eigenvalue weighted by Gasteiger charge is -2.22. The minimum atomic E-state index is -0.738. The first-order chi connectivity index (χ1) is 16.9. The van der Waals surface area contributed by atoms with Gasteiger partial charge in [-0.05, 0) is 65.1 Å². The maximum atomic E-state index is 13.4. The normalized spacial score (nSPS) is 13.8. The van der Waals surface area contributed by atoms with Crippen LogP contribution in [-0.4, -0.2) is 25.0 Å². The molecule has 2 amide bonds. The van der Waals surface area contributed by atoms with Crippen LogP contribution in [0.3, 0.4) is 0 Å². The number of methoxy groups -OCH3 is 1. The largest absolute Gasteiger partial charge is 0.497 e. The topological polar surface area (TPSA) is 67.4 Å². The number of benzene rings is 3. The molecule has 0 unspecified atom stereocenters. The Balaban J connectivity index is 1.51. The van der Waals surface area contributed by atoms with Gasteiger partial charge < -0.3 is 15.4 Å². The smallest absolute Gasteiger partial charge is 0.247 e. The molecule has 0 saturated heterocycles. The van der Waals surface area contributed by atoms with Crippen LogP contribution in [0.5, 0.6) is 5.75 Å². The molecule has 5 nitrogen and oxygen atoms in total. The number of amides is 2. The van der Waals surface area contributed by atoms with E-state index in [4.69, 9.17) is 4.74 Å². The Labute approximate surface area is 207 Å². The fraction of sp³-hybridized carbons (Fsp3) is 0.333. The minimum absolute atomic E-state index is 0.0334. The van der Waals surface area contributed by atoms with Gasteiger partial charge in [-0.1, -0.05) is 74.5 Å². The van der Waals surface area contributed by atoms with E-state index in [1.54, 1.807) is 7.11 Å². The summed E-state index contributed by atoms with van der Waals surface area (Å²) in [6.07, 6.45) is 2.81. The fourth-order valence-electron chi connectivity index (χ4n) is 4.57. The molecule has 0 saturated carbocycles. The van der Waals surface area contributed by atoms with Gasteiger partial charge in [0.05, 0.1) is 7.11 Å². The molecular formula is C30H34N2O3. The zero-order chi connectivity index (χ0) is 24.8. The molecule has 1 aliphatic rings. The van der Waals surface area contributed by atoms with Crippen molar-refractivity contribution in [3.63, 3.8) is 0 Å². The summed E-state index contributed by atoms with van der Waals surface area (Å²) < 4.78 is 5.34. The molecule has 2 N–H and O–H groups in total. The quantitative estimate of drug-likeness (QED) is 0.449. The van der Waals surface area contributed by atoms with Gasteiger partial charge in [0.1, 0.15) is 11.8 Å². The Morgan fingerprint density at radius 1 is 0.914 bits per heavy atom. The zero-order valence-corrected chi connectivity index (χ0v) is 20.7. The first-order valence-electron chi connectivity index (χ1n) is 12.3. The van der Waals surface area contributed by atoms with Crippen LogP contribution in [0, 0.1) is 5.92 Å². The highest BCUT2D eigenvalue weighted by Crippen LogP contribution is 2.27. The van der Waals surface area contributed by atoms with Gasteiger partial charge in [-0.3, -0.25) is 9.59 Å². The predicted octanol–water partition coefficient (Wildman–Crippen LogP) is 5.24. The molecule has 1 atom stereocenters. The van der Waals surface area contributed by atoms with E-state index >= 15 is 0 Å². The number of rotatable bonds is 9. The Kier molecular flexibility index (Phi) is 7.86. The third-order valence-electron chi connectivity index (χ3n) is 6.56. The molecule has 1 aliphatic carbocycles. The molecule has 5 heteroatoms. The molecule has 0 fully saturated rings. The van der Waals surface area contributed by atoms with E-state index in [0.717, 1.165) is 41.7 Å². The second kappa shape index (κ2) is 11.2. The first kappa shape index (κ1) is 24.5. The molecule has 0 aromatic heterocycles. The van der Waals surface area contributed by atoms with Crippen LogP contribution < -0.4 is 15.4 Å². The molecule has 0 aliphatic heterocycles. The van der Waals surface area contributed by atoms with E-state index in [2.05, 4.69) is 36.6 Å². The lowest BCUT2D eigenvalue weighted by atomic mass is 9.99. The second-order valence-corrected chi connectivity index (χ2v) is 9.67. The number of nitrogens with one attached hydrogen (secondary N) is 2. The van der Waals surface area contributed by atoms with E-state index < -0.39 is 6.04 Å². The average Bonchev–Trinajstić information content (AvgIpc) is 3.28. The van der Waals surface area contributed by atoms with Gasteiger partial charge in [0, 0.05) is 12.5 Å². The lowest BCUT2D eigenvalue weighted by Crippen LogP contribution is -2.44. The maximum absolute atomic E-state index is 13.4. The summed E-state index contributed by atoms with van der Waals surface area (Å²) in [6.45, 7) is 4.18. The van der Waals surface area contributed by atoms with Crippen molar-refractivity contribution in [1.82, 2.24) is 10.6 Å².